The van der Waals surface area contributed by atoms with E-state index in [2.05, 4.69) is 22.6 Å². The first-order chi connectivity index (χ1) is 12.0. The molecular formula is C20H22FIO3. The molecule has 0 saturated carbocycles. The van der Waals surface area contributed by atoms with Gasteiger partial charge in [-0.15, -0.1) is 0 Å². The van der Waals surface area contributed by atoms with E-state index in [9.17, 15) is 9.18 Å². The summed E-state index contributed by atoms with van der Waals surface area (Å²) in [6, 6.07) is 8.81. The van der Waals surface area contributed by atoms with Crippen LogP contribution in [0, 0.1) is 9.39 Å². The van der Waals surface area contributed by atoms with E-state index >= 15 is 0 Å². The predicted molar refractivity (Wildman–Crippen MR) is 105 cm³/mol. The fraction of sp³-hybridized carbons (Fsp3) is 0.350. The third-order valence-electron chi connectivity index (χ3n) is 3.95. The van der Waals surface area contributed by atoms with Crippen LogP contribution in [0.2, 0.25) is 0 Å². The van der Waals surface area contributed by atoms with Gasteiger partial charge in [-0.2, -0.15) is 0 Å². The lowest BCUT2D eigenvalue weighted by atomic mass is 10.1. The summed E-state index contributed by atoms with van der Waals surface area (Å²) in [5.41, 5.74) is 2.44. The Morgan fingerprint density at radius 1 is 1.08 bits per heavy atom. The second kappa shape index (κ2) is 9.17. The predicted octanol–water partition coefficient (Wildman–Crippen LogP) is 5.45. The van der Waals surface area contributed by atoms with E-state index in [0.29, 0.717) is 29.9 Å². The van der Waals surface area contributed by atoms with Gasteiger partial charge in [0.05, 0.1) is 0 Å². The third-order valence-corrected chi connectivity index (χ3v) is 4.96. The summed E-state index contributed by atoms with van der Waals surface area (Å²) in [4.78, 5) is 11.6. The summed E-state index contributed by atoms with van der Waals surface area (Å²) in [7, 11) is 0. The Bertz CT molecular complexity index is 759. The molecule has 0 heterocycles. The van der Waals surface area contributed by atoms with Crippen LogP contribution in [0.1, 0.15) is 43.9 Å². The molecule has 5 heteroatoms. The molecule has 0 saturated heterocycles. The molecule has 2 aromatic rings. The lowest BCUT2D eigenvalue weighted by Crippen LogP contribution is -2.10. The quantitative estimate of drug-likeness (QED) is 0.316. The summed E-state index contributed by atoms with van der Waals surface area (Å²) >= 11 is 2.18. The monoisotopic (exact) mass is 456 g/mol. The number of halogens is 2. The maximum Gasteiger partial charge on any atom is 0.310 e. The highest BCUT2D eigenvalue weighted by molar-refractivity contribution is 14.1. The van der Waals surface area contributed by atoms with Gasteiger partial charge in [-0.3, -0.25) is 4.79 Å². The molecule has 25 heavy (non-hydrogen) atoms. The van der Waals surface area contributed by atoms with Gasteiger partial charge in [-0.25, -0.2) is 4.39 Å². The summed E-state index contributed by atoms with van der Waals surface area (Å²) in [6.45, 7) is 5.90. The number of carbonyl (C=O) groups is 1. The molecule has 134 valence electrons. The minimum atomic E-state index is -0.296. The largest absolute Gasteiger partial charge is 0.488 e. The van der Waals surface area contributed by atoms with Crippen molar-refractivity contribution >= 4 is 28.6 Å². The van der Waals surface area contributed by atoms with Crippen LogP contribution in [0.3, 0.4) is 0 Å². The van der Waals surface area contributed by atoms with Crippen LogP contribution in [0.4, 0.5) is 4.39 Å². The van der Waals surface area contributed by atoms with Gasteiger partial charge >= 0.3 is 5.97 Å². The van der Waals surface area contributed by atoms with Crippen molar-refractivity contribution in [2.24, 2.45) is 0 Å². The number of hydrogen-bond donors (Lipinski definition) is 0. The van der Waals surface area contributed by atoms with Gasteiger partial charge in [0.1, 0.15) is 23.9 Å². The van der Waals surface area contributed by atoms with Crippen LogP contribution < -0.4 is 9.47 Å². The average molecular weight is 456 g/mol. The van der Waals surface area contributed by atoms with Crippen molar-refractivity contribution in [2.75, 3.05) is 0 Å². The maximum absolute atomic E-state index is 14.1. The summed E-state index contributed by atoms with van der Waals surface area (Å²) in [6.07, 6.45) is 1.70. The SMILES string of the molecule is CCC(=O)Oc1cccc(I)c1COc1cc(F)c(CC)cc1CC. The molecule has 0 bridgehead atoms. The van der Waals surface area contributed by atoms with Crippen molar-refractivity contribution in [2.45, 2.75) is 46.6 Å². The van der Waals surface area contributed by atoms with Gasteiger partial charge in [0.15, 0.2) is 0 Å². The van der Waals surface area contributed by atoms with Crippen molar-refractivity contribution in [1.29, 1.82) is 0 Å². The molecule has 0 aromatic heterocycles. The molecule has 0 radical (unpaired) electrons. The topological polar surface area (TPSA) is 35.5 Å². The fourth-order valence-electron chi connectivity index (χ4n) is 2.45. The van der Waals surface area contributed by atoms with Gasteiger partial charge in [-0.05, 0) is 64.8 Å². The van der Waals surface area contributed by atoms with Gasteiger partial charge in [-0.1, -0.05) is 26.8 Å². The molecule has 0 atom stereocenters. The molecule has 0 aliphatic rings. The number of carbonyl (C=O) groups excluding carboxylic acids is 1. The Morgan fingerprint density at radius 2 is 1.80 bits per heavy atom. The van der Waals surface area contributed by atoms with E-state index in [4.69, 9.17) is 9.47 Å². The zero-order chi connectivity index (χ0) is 18.4. The van der Waals surface area contributed by atoms with Crippen LogP contribution >= 0.6 is 22.6 Å². The first-order valence-electron chi connectivity index (χ1n) is 8.42. The van der Waals surface area contributed by atoms with E-state index < -0.39 is 0 Å². The minimum Gasteiger partial charge on any atom is -0.488 e. The molecule has 0 aliphatic heterocycles. The minimum absolute atomic E-state index is 0.212. The molecule has 0 fully saturated rings. The number of aryl methyl sites for hydroxylation is 2. The van der Waals surface area contributed by atoms with Crippen molar-refractivity contribution in [3.05, 3.63) is 56.4 Å². The molecule has 0 aliphatic carbocycles. The van der Waals surface area contributed by atoms with Crippen molar-refractivity contribution in [1.82, 2.24) is 0 Å². The first kappa shape index (κ1) is 19.7. The smallest absolute Gasteiger partial charge is 0.310 e. The lowest BCUT2D eigenvalue weighted by Gasteiger charge is -2.15. The summed E-state index contributed by atoms with van der Waals surface area (Å²) < 4.78 is 26.3. The molecule has 0 N–H and O–H groups in total. The van der Waals surface area contributed by atoms with E-state index in [0.717, 1.165) is 21.1 Å². The summed E-state index contributed by atoms with van der Waals surface area (Å²) in [5.74, 6) is 0.470. The second-order valence-electron chi connectivity index (χ2n) is 5.59. The maximum atomic E-state index is 14.1. The Balaban J connectivity index is 2.27. The van der Waals surface area contributed by atoms with Gasteiger partial charge in [0, 0.05) is 21.6 Å². The number of benzene rings is 2. The first-order valence-corrected chi connectivity index (χ1v) is 9.50. The van der Waals surface area contributed by atoms with Gasteiger partial charge in [0.2, 0.25) is 0 Å². The van der Waals surface area contributed by atoms with E-state index in [1.807, 2.05) is 32.0 Å². The second-order valence-corrected chi connectivity index (χ2v) is 6.75. The molecule has 0 unspecified atom stereocenters. The van der Waals surface area contributed by atoms with Crippen LogP contribution in [0.5, 0.6) is 11.5 Å². The highest BCUT2D eigenvalue weighted by atomic mass is 127. The highest BCUT2D eigenvalue weighted by Crippen LogP contribution is 2.29. The number of esters is 1. The number of hydrogen-bond acceptors (Lipinski definition) is 3. The van der Waals surface area contributed by atoms with Gasteiger partial charge < -0.3 is 9.47 Å². The number of rotatable bonds is 7. The Kier molecular flexibility index (Phi) is 7.23. The molecular weight excluding hydrogens is 434 g/mol. The number of ether oxygens (including phenoxy) is 2. The Hall–Kier alpha value is -1.63. The zero-order valence-corrected chi connectivity index (χ0v) is 16.9. The highest BCUT2D eigenvalue weighted by Gasteiger charge is 2.14. The molecule has 3 nitrogen and oxygen atoms in total. The van der Waals surface area contributed by atoms with Crippen LogP contribution in [-0.2, 0) is 24.2 Å². The van der Waals surface area contributed by atoms with Gasteiger partial charge in [0.25, 0.3) is 0 Å². The standard InChI is InChI=1S/C20H22FIO3/c1-4-13-10-14(5-2)19(11-16(13)21)24-12-15-17(22)8-7-9-18(15)25-20(23)6-3/h7-11H,4-6,12H2,1-3H3. The normalized spacial score (nSPS) is 10.6. The summed E-state index contributed by atoms with van der Waals surface area (Å²) in [5, 5.41) is 0. The third kappa shape index (κ3) is 4.93. The van der Waals surface area contributed by atoms with E-state index in [-0.39, 0.29) is 18.4 Å². The zero-order valence-electron chi connectivity index (χ0n) is 14.7. The average Bonchev–Trinajstić information content (AvgIpc) is 2.61. The van der Waals surface area contributed by atoms with Crippen LogP contribution in [0.15, 0.2) is 30.3 Å². The molecule has 0 spiro atoms. The van der Waals surface area contributed by atoms with Crippen molar-refractivity contribution in [3.8, 4) is 11.5 Å². The lowest BCUT2D eigenvalue weighted by molar-refractivity contribution is -0.134. The van der Waals surface area contributed by atoms with E-state index in [1.165, 1.54) is 6.07 Å². The van der Waals surface area contributed by atoms with Crippen molar-refractivity contribution < 1.29 is 18.7 Å². The Morgan fingerprint density at radius 3 is 2.44 bits per heavy atom. The molecule has 2 aromatic carbocycles. The van der Waals surface area contributed by atoms with Crippen LogP contribution in [-0.4, -0.2) is 5.97 Å². The van der Waals surface area contributed by atoms with E-state index in [1.54, 1.807) is 13.0 Å². The molecule has 0 amide bonds. The van der Waals surface area contributed by atoms with Crippen molar-refractivity contribution in [3.63, 3.8) is 0 Å². The van der Waals surface area contributed by atoms with Crippen LogP contribution in [0.25, 0.3) is 0 Å². The fourth-order valence-corrected chi connectivity index (χ4v) is 3.08. The Labute approximate surface area is 161 Å². The molecule has 2 rings (SSSR count).